The molecular formula is C7H10BaO5. The van der Waals surface area contributed by atoms with Crippen LogP contribution in [-0.2, 0) is 14.3 Å². The van der Waals surface area contributed by atoms with Crippen LogP contribution in [0.3, 0.4) is 0 Å². The summed E-state index contributed by atoms with van der Waals surface area (Å²) in [5.41, 5.74) is 0. The zero-order valence-electron chi connectivity index (χ0n) is 7.45. The first kappa shape index (κ1) is 15.9. The van der Waals surface area contributed by atoms with E-state index in [2.05, 4.69) is 4.74 Å². The SMILES string of the molecule is CCCO[C@@H](CC(=O)[O-])C(=O)[O-].[Ba+2]. The fourth-order valence-electron chi connectivity index (χ4n) is 0.622. The number of rotatable bonds is 6. The molecule has 0 aromatic rings. The molecule has 13 heavy (non-hydrogen) atoms. The molecule has 0 rings (SSSR count). The zero-order chi connectivity index (χ0) is 9.56. The normalized spacial score (nSPS) is 11.5. The molecule has 0 spiro atoms. The largest absolute Gasteiger partial charge is 2.00 e. The second-order valence-electron chi connectivity index (χ2n) is 2.25. The monoisotopic (exact) mass is 312 g/mol. The molecule has 0 radical (unpaired) electrons. The Morgan fingerprint density at radius 1 is 1.38 bits per heavy atom. The summed E-state index contributed by atoms with van der Waals surface area (Å²) in [5, 5.41) is 20.2. The first-order valence-corrected chi connectivity index (χ1v) is 3.60. The first-order valence-electron chi connectivity index (χ1n) is 3.60. The summed E-state index contributed by atoms with van der Waals surface area (Å²) in [6.45, 7) is 1.98. The number of ether oxygens (including phenoxy) is 1. The Balaban J connectivity index is 0. The van der Waals surface area contributed by atoms with Crippen molar-refractivity contribution in [3.05, 3.63) is 0 Å². The van der Waals surface area contributed by atoms with Crippen molar-refractivity contribution in [3.63, 3.8) is 0 Å². The summed E-state index contributed by atoms with van der Waals surface area (Å²) in [6.07, 6.45) is -1.44. The van der Waals surface area contributed by atoms with Crippen molar-refractivity contribution in [1.82, 2.24) is 0 Å². The van der Waals surface area contributed by atoms with Gasteiger partial charge in [-0.1, -0.05) is 6.92 Å². The number of carboxylic acid groups (broad SMARTS) is 2. The number of carbonyl (C=O) groups excluding carboxylic acids is 2. The van der Waals surface area contributed by atoms with Gasteiger partial charge in [0.25, 0.3) is 0 Å². The van der Waals surface area contributed by atoms with E-state index in [0.717, 1.165) is 0 Å². The minimum atomic E-state index is -1.52. The van der Waals surface area contributed by atoms with E-state index in [1.807, 2.05) is 0 Å². The fourth-order valence-corrected chi connectivity index (χ4v) is 0.622. The summed E-state index contributed by atoms with van der Waals surface area (Å²) < 4.78 is 4.68. The summed E-state index contributed by atoms with van der Waals surface area (Å²) in [6, 6.07) is 0. The van der Waals surface area contributed by atoms with E-state index in [9.17, 15) is 19.8 Å². The molecule has 5 nitrogen and oxygen atoms in total. The molecule has 0 saturated carbocycles. The predicted octanol–water partition coefficient (Wildman–Crippen LogP) is -2.71. The van der Waals surface area contributed by atoms with Crippen LogP contribution >= 0.6 is 0 Å². The van der Waals surface area contributed by atoms with Crippen LogP contribution in [0.5, 0.6) is 0 Å². The maximum atomic E-state index is 10.2. The molecule has 0 saturated heterocycles. The van der Waals surface area contributed by atoms with Gasteiger partial charge < -0.3 is 24.5 Å². The van der Waals surface area contributed by atoms with Crippen molar-refractivity contribution in [1.29, 1.82) is 0 Å². The van der Waals surface area contributed by atoms with Gasteiger partial charge in [0.15, 0.2) is 0 Å². The maximum absolute atomic E-state index is 10.2. The van der Waals surface area contributed by atoms with Crippen molar-refractivity contribution in [2.75, 3.05) is 6.61 Å². The van der Waals surface area contributed by atoms with Gasteiger partial charge in [0.05, 0.1) is 5.97 Å². The van der Waals surface area contributed by atoms with Crippen LogP contribution < -0.4 is 10.2 Å². The topological polar surface area (TPSA) is 89.5 Å². The molecule has 6 heteroatoms. The minimum Gasteiger partial charge on any atom is -0.550 e. The Bertz CT molecular complexity index is 170. The third kappa shape index (κ3) is 8.79. The van der Waals surface area contributed by atoms with Gasteiger partial charge in [-0.05, 0) is 6.42 Å². The van der Waals surface area contributed by atoms with E-state index in [-0.39, 0.29) is 55.5 Å². The predicted molar refractivity (Wildman–Crippen MR) is 40.4 cm³/mol. The molecule has 70 valence electrons. The van der Waals surface area contributed by atoms with Crippen molar-refractivity contribution >= 4 is 60.8 Å². The third-order valence-corrected chi connectivity index (χ3v) is 1.14. The van der Waals surface area contributed by atoms with Gasteiger partial charge in [-0.25, -0.2) is 0 Å². The van der Waals surface area contributed by atoms with E-state index in [0.29, 0.717) is 6.42 Å². The van der Waals surface area contributed by atoms with E-state index in [1.165, 1.54) is 0 Å². The quantitative estimate of drug-likeness (QED) is 0.498. The number of aliphatic carboxylic acids is 2. The van der Waals surface area contributed by atoms with Gasteiger partial charge in [0, 0.05) is 19.0 Å². The molecule has 0 amide bonds. The molecule has 1 atom stereocenters. The Morgan fingerprint density at radius 3 is 2.23 bits per heavy atom. The number of carboxylic acids is 2. The minimum absolute atomic E-state index is 0. The Kier molecular flexibility index (Phi) is 11.1. The summed E-state index contributed by atoms with van der Waals surface area (Å²) >= 11 is 0. The van der Waals surface area contributed by atoms with E-state index in [4.69, 9.17) is 0 Å². The van der Waals surface area contributed by atoms with E-state index < -0.39 is 24.5 Å². The molecule has 0 heterocycles. The van der Waals surface area contributed by atoms with Gasteiger partial charge in [0.1, 0.15) is 6.10 Å². The second-order valence-corrected chi connectivity index (χ2v) is 2.25. The summed E-state index contributed by atoms with van der Waals surface area (Å²) in [5.74, 6) is -2.98. The van der Waals surface area contributed by atoms with Crippen LogP contribution in [0.25, 0.3) is 0 Å². The fraction of sp³-hybridized carbons (Fsp3) is 0.714. The van der Waals surface area contributed by atoms with Crippen LogP contribution in [0.4, 0.5) is 0 Å². The maximum Gasteiger partial charge on any atom is 2.00 e. The molecular weight excluding hydrogens is 301 g/mol. The van der Waals surface area contributed by atoms with Gasteiger partial charge in [0.2, 0.25) is 0 Å². The Morgan fingerprint density at radius 2 is 1.92 bits per heavy atom. The molecule has 0 unspecified atom stereocenters. The Labute approximate surface area is 117 Å². The van der Waals surface area contributed by atoms with Crippen LogP contribution in [-0.4, -0.2) is 73.5 Å². The first-order chi connectivity index (χ1) is 5.57. The molecule has 0 aliphatic carbocycles. The van der Waals surface area contributed by atoms with Crippen LogP contribution in [0.2, 0.25) is 0 Å². The van der Waals surface area contributed by atoms with E-state index in [1.54, 1.807) is 6.92 Å². The average molecular weight is 311 g/mol. The second kappa shape index (κ2) is 9.04. The number of hydrogen-bond acceptors (Lipinski definition) is 5. The molecule has 0 aliphatic heterocycles. The van der Waals surface area contributed by atoms with Crippen molar-refractivity contribution in [2.45, 2.75) is 25.9 Å². The van der Waals surface area contributed by atoms with Gasteiger partial charge in [-0.3, -0.25) is 0 Å². The molecule has 0 aromatic carbocycles. The summed E-state index contributed by atoms with van der Waals surface area (Å²) in [7, 11) is 0. The molecule has 0 bridgehead atoms. The molecule has 0 aromatic heterocycles. The van der Waals surface area contributed by atoms with Gasteiger partial charge in [-0.2, -0.15) is 0 Å². The number of hydrogen-bond donors (Lipinski definition) is 0. The number of carbonyl (C=O) groups is 2. The standard InChI is InChI=1S/C7H12O5.Ba/c1-2-3-12-5(7(10)11)4-6(8)9;/h5H,2-4H2,1H3,(H,8,9)(H,10,11);/q;+2/p-2/t5-;/m0./s1. The van der Waals surface area contributed by atoms with E-state index >= 15 is 0 Å². The van der Waals surface area contributed by atoms with Crippen molar-refractivity contribution < 1.29 is 24.5 Å². The van der Waals surface area contributed by atoms with Crippen LogP contribution in [0.1, 0.15) is 19.8 Å². The van der Waals surface area contributed by atoms with Crippen LogP contribution in [0.15, 0.2) is 0 Å². The average Bonchev–Trinajstić information content (AvgIpc) is 1.96. The van der Waals surface area contributed by atoms with Gasteiger partial charge >= 0.3 is 48.9 Å². The molecule has 0 N–H and O–H groups in total. The molecule has 0 fully saturated rings. The van der Waals surface area contributed by atoms with Crippen LogP contribution in [0, 0.1) is 0 Å². The Hall–Kier alpha value is 0.471. The third-order valence-electron chi connectivity index (χ3n) is 1.14. The zero-order valence-corrected chi connectivity index (χ0v) is 11.9. The van der Waals surface area contributed by atoms with Gasteiger partial charge in [-0.15, -0.1) is 0 Å². The van der Waals surface area contributed by atoms with Crippen molar-refractivity contribution in [3.8, 4) is 0 Å². The molecule has 0 aliphatic rings. The van der Waals surface area contributed by atoms with Crippen molar-refractivity contribution in [2.24, 2.45) is 0 Å². The smallest absolute Gasteiger partial charge is 0.550 e. The summed E-state index contributed by atoms with van der Waals surface area (Å²) in [4.78, 5) is 20.2.